The first-order valence-corrected chi connectivity index (χ1v) is 9.94. The van der Waals surface area contributed by atoms with Crippen molar-refractivity contribution in [3.63, 3.8) is 0 Å². The van der Waals surface area contributed by atoms with Gasteiger partial charge in [0.15, 0.2) is 6.10 Å². The SMILES string of the molecule is CCC(Oc1ccc(-c2noc(-c3ccc(OC(C)C)c(C#N)c3)n2)c(Cl)c1)C(=O)O. The normalized spacial score (nSPS) is 11.7. The lowest BCUT2D eigenvalue weighted by molar-refractivity contribution is -0.145. The number of aromatic nitrogens is 2. The minimum absolute atomic E-state index is 0.0647. The molecule has 3 aromatic rings. The number of hydrogen-bond donors (Lipinski definition) is 1. The van der Waals surface area contributed by atoms with Crippen molar-refractivity contribution in [1.82, 2.24) is 10.1 Å². The summed E-state index contributed by atoms with van der Waals surface area (Å²) in [7, 11) is 0. The lowest BCUT2D eigenvalue weighted by Gasteiger charge is -2.13. The van der Waals surface area contributed by atoms with Crippen LogP contribution in [-0.4, -0.2) is 33.4 Å². The molecule has 160 valence electrons. The molecule has 2 aromatic carbocycles. The molecular weight excluding hydrogens is 422 g/mol. The van der Waals surface area contributed by atoms with Crippen LogP contribution in [-0.2, 0) is 4.79 Å². The molecule has 0 amide bonds. The Morgan fingerprint density at radius 1 is 1.26 bits per heavy atom. The van der Waals surface area contributed by atoms with Gasteiger partial charge in [-0.25, -0.2) is 4.79 Å². The molecule has 1 unspecified atom stereocenters. The van der Waals surface area contributed by atoms with Crippen LogP contribution in [0.3, 0.4) is 0 Å². The Bertz CT molecular complexity index is 1140. The molecule has 0 saturated carbocycles. The number of carboxylic acids is 1. The molecule has 9 heteroatoms. The third kappa shape index (κ3) is 5.13. The highest BCUT2D eigenvalue weighted by Crippen LogP contribution is 2.32. The van der Waals surface area contributed by atoms with Crippen LogP contribution in [0.1, 0.15) is 32.8 Å². The number of carboxylic acid groups (broad SMARTS) is 1. The van der Waals surface area contributed by atoms with Gasteiger partial charge in [0.25, 0.3) is 5.89 Å². The summed E-state index contributed by atoms with van der Waals surface area (Å²) in [5, 5.41) is 22.8. The van der Waals surface area contributed by atoms with Crippen LogP contribution in [0.25, 0.3) is 22.8 Å². The molecule has 1 aromatic heterocycles. The second-order valence-corrected chi connectivity index (χ2v) is 7.31. The van der Waals surface area contributed by atoms with Gasteiger partial charge in [-0.15, -0.1) is 0 Å². The van der Waals surface area contributed by atoms with Crippen molar-refractivity contribution in [2.45, 2.75) is 39.4 Å². The molecule has 31 heavy (non-hydrogen) atoms. The van der Waals surface area contributed by atoms with E-state index >= 15 is 0 Å². The van der Waals surface area contributed by atoms with E-state index in [1.54, 1.807) is 37.3 Å². The molecule has 0 aliphatic carbocycles. The van der Waals surface area contributed by atoms with Gasteiger partial charge >= 0.3 is 5.97 Å². The number of carbonyl (C=O) groups is 1. The first kappa shape index (κ1) is 22.1. The maximum Gasteiger partial charge on any atom is 0.344 e. The smallest absolute Gasteiger partial charge is 0.344 e. The van der Waals surface area contributed by atoms with Gasteiger partial charge in [0, 0.05) is 11.1 Å². The van der Waals surface area contributed by atoms with E-state index in [2.05, 4.69) is 16.2 Å². The lowest BCUT2D eigenvalue weighted by atomic mass is 10.1. The van der Waals surface area contributed by atoms with Crippen LogP contribution in [0.5, 0.6) is 11.5 Å². The monoisotopic (exact) mass is 441 g/mol. The fraction of sp³-hybridized carbons (Fsp3) is 0.273. The van der Waals surface area contributed by atoms with Gasteiger partial charge in [-0.1, -0.05) is 23.7 Å². The highest BCUT2D eigenvalue weighted by atomic mass is 35.5. The summed E-state index contributed by atoms with van der Waals surface area (Å²) in [6, 6.07) is 11.9. The molecule has 0 bridgehead atoms. The summed E-state index contributed by atoms with van der Waals surface area (Å²) in [5.74, 6) is 0.221. The zero-order valence-corrected chi connectivity index (χ0v) is 17.9. The minimum Gasteiger partial charge on any atom is -0.490 e. The van der Waals surface area contributed by atoms with E-state index in [-0.39, 0.29) is 22.8 Å². The van der Waals surface area contributed by atoms with Gasteiger partial charge in [-0.3, -0.25) is 0 Å². The summed E-state index contributed by atoms with van der Waals surface area (Å²) in [5.41, 5.74) is 1.41. The van der Waals surface area contributed by atoms with Crippen molar-refractivity contribution >= 4 is 17.6 Å². The number of nitriles is 1. The Morgan fingerprint density at radius 2 is 2.03 bits per heavy atom. The second-order valence-electron chi connectivity index (χ2n) is 6.91. The minimum atomic E-state index is -1.05. The summed E-state index contributed by atoms with van der Waals surface area (Å²) in [6.07, 6.45) is -0.713. The Morgan fingerprint density at radius 3 is 2.65 bits per heavy atom. The van der Waals surface area contributed by atoms with Crippen LogP contribution in [0.4, 0.5) is 0 Å². The molecule has 0 aliphatic rings. The molecule has 3 rings (SSSR count). The predicted octanol–water partition coefficient (Wildman–Crippen LogP) is 4.96. The Hall–Kier alpha value is -3.57. The Balaban J connectivity index is 1.85. The average molecular weight is 442 g/mol. The van der Waals surface area contributed by atoms with Crippen molar-refractivity contribution in [2.24, 2.45) is 0 Å². The summed E-state index contributed by atoms with van der Waals surface area (Å²) in [4.78, 5) is 15.5. The maximum atomic E-state index is 11.1. The highest BCUT2D eigenvalue weighted by Gasteiger charge is 2.19. The van der Waals surface area contributed by atoms with E-state index in [0.717, 1.165) is 0 Å². The molecule has 0 radical (unpaired) electrons. The molecular formula is C22H20ClN3O5. The fourth-order valence-corrected chi connectivity index (χ4v) is 3.04. The lowest BCUT2D eigenvalue weighted by Crippen LogP contribution is -2.25. The molecule has 0 spiro atoms. The van der Waals surface area contributed by atoms with E-state index < -0.39 is 12.1 Å². The van der Waals surface area contributed by atoms with Crippen LogP contribution in [0.15, 0.2) is 40.9 Å². The molecule has 0 aliphatic heterocycles. The molecule has 1 heterocycles. The number of nitrogens with zero attached hydrogens (tertiary/aromatic N) is 3. The quantitative estimate of drug-likeness (QED) is 0.521. The number of benzene rings is 2. The van der Waals surface area contributed by atoms with Gasteiger partial charge in [0.1, 0.15) is 17.6 Å². The molecule has 0 saturated heterocycles. The zero-order valence-electron chi connectivity index (χ0n) is 17.1. The Kier molecular flexibility index (Phi) is 6.78. The number of halogens is 1. The highest BCUT2D eigenvalue weighted by molar-refractivity contribution is 6.33. The number of hydrogen-bond acceptors (Lipinski definition) is 7. The van der Waals surface area contributed by atoms with Crippen LogP contribution >= 0.6 is 11.6 Å². The number of rotatable bonds is 8. The van der Waals surface area contributed by atoms with E-state index in [9.17, 15) is 10.1 Å². The van der Waals surface area contributed by atoms with Gasteiger partial charge in [0.2, 0.25) is 5.82 Å². The van der Waals surface area contributed by atoms with Crippen molar-refractivity contribution < 1.29 is 23.9 Å². The first-order chi connectivity index (χ1) is 14.8. The topological polar surface area (TPSA) is 118 Å². The van der Waals surface area contributed by atoms with Crippen molar-refractivity contribution in [1.29, 1.82) is 5.26 Å². The second kappa shape index (κ2) is 9.49. The maximum absolute atomic E-state index is 11.1. The predicted molar refractivity (Wildman–Crippen MR) is 113 cm³/mol. The fourth-order valence-electron chi connectivity index (χ4n) is 2.78. The van der Waals surface area contributed by atoms with E-state index in [1.807, 2.05) is 13.8 Å². The average Bonchev–Trinajstić information content (AvgIpc) is 3.21. The third-order valence-corrected chi connectivity index (χ3v) is 4.55. The van der Waals surface area contributed by atoms with E-state index in [4.69, 9.17) is 30.7 Å². The first-order valence-electron chi connectivity index (χ1n) is 9.56. The number of ether oxygens (including phenoxy) is 2. The van der Waals surface area contributed by atoms with Crippen molar-refractivity contribution in [2.75, 3.05) is 0 Å². The van der Waals surface area contributed by atoms with E-state index in [0.29, 0.717) is 34.6 Å². The summed E-state index contributed by atoms with van der Waals surface area (Å²) in [6.45, 7) is 5.47. The van der Waals surface area contributed by atoms with Crippen molar-refractivity contribution in [3.8, 4) is 40.4 Å². The zero-order chi connectivity index (χ0) is 22.5. The molecule has 8 nitrogen and oxygen atoms in total. The Labute approximate surface area is 184 Å². The van der Waals surface area contributed by atoms with Crippen LogP contribution in [0, 0.1) is 11.3 Å². The summed E-state index contributed by atoms with van der Waals surface area (Å²) < 4.78 is 16.4. The van der Waals surface area contributed by atoms with Gasteiger partial charge in [0.05, 0.1) is 16.7 Å². The standard InChI is InChI=1S/C22H20ClN3O5/c1-4-18(22(27)28)30-15-6-7-16(17(23)10-15)20-25-21(31-26-20)13-5-8-19(29-12(2)3)14(9-13)11-24/h5-10,12,18H,4H2,1-3H3,(H,27,28). The van der Waals surface area contributed by atoms with Gasteiger partial charge in [-0.2, -0.15) is 10.2 Å². The number of aliphatic carboxylic acids is 1. The van der Waals surface area contributed by atoms with Gasteiger partial charge in [-0.05, 0) is 56.7 Å². The molecule has 0 fully saturated rings. The third-order valence-electron chi connectivity index (χ3n) is 4.24. The largest absolute Gasteiger partial charge is 0.490 e. The van der Waals surface area contributed by atoms with Gasteiger partial charge < -0.3 is 19.1 Å². The molecule has 1 N–H and O–H groups in total. The van der Waals surface area contributed by atoms with Crippen molar-refractivity contribution in [3.05, 3.63) is 47.0 Å². The summed E-state index contributed by atoms with van der Waals surface area (Å²) >= 11 is 6.33. The van der Waals surface area contributed by atoms with Crippen LogP contribution in [0.2, 0.25) is 5.02 Å². The van der Waals surface area contributed by atoms with Crippen LogP contribution < -0.4 is 9.47 Å². The van der Waals surface area contributed by atoms with E-state index in [1.165, 1.54) is 6.07 Å². The molecule has 1 atom stereocenters.